The molecule has 1 unspecified atom stereocenters. The van der Waals surface area contributed by atoms with Crippen LogP contribution in [0.15, 0.2) is 36.4 Å². The van der Waals surface area contributed by atoms with Gasteiger partial charge >= 0.3 is 0 Å². The summed E-state index contributed by atoms with van der Waals surface area (Å²) in [6, 6.07) is 12.3. The quantitative estimate of drug-likeness (QED) is 0.842. The van der Waals surface area contributed by atoms with E-state index in [9.17, 15) is 5.11 Å². The van der Waals surface area contributed by atoms with Gasteiger partial charge in [0, 0.05) is 38.3 Å². The number of nitrogens with zero attached hydrogens (tertiary/aromatic N) is 1. The number of ether oxygens (including phenoxy) is 1. The molecule has 0 saturated heterocycles. The molecule has 0 aliphatic rings. The second-order valence-electron chi connectivity index (χ2n) is 4.98. The van der Waals surface area contributed by atoms with Crippen LogP contribution >= 0.6 is 0 Å². The van der Waals surface area contributed by atoms with Crippen LogP contribution in [0, 0.1) is 0 Å². The van der Waals surface area contributed by atoms with E-state index in [-0.39, 0.29) is 0 Å². The van der Waals surface area contributed by atoms with E-state index in [4.69, 9.17) is 10.5 Å². The Morgan fingerprint density at radius 3 is 2.55 bits per heavy atom. The third-order valence-corrected chi connectivity index (χ3v) is 3.47. The van der Waals surface area contributed by atoms with Crippen molar-refractivity contribution in [1.29, 1.82) is 0 Å². The maximum absolute atomic E-state index is 9.87. The van der Waals surface area contributed by atoms with Crippen LogP contribution in [0.2, 0.25) is 0 Å². The van der Waals surface area contributed by atoms with Gasteiger partial charge in [0.25, 0.3) is 0 Å². The van der Waals surface area contributed by atoms with E-state index in [0.29, 0.717) is 19.7 Å². The second kappa shape index (κ2) is 6.70. The first-order valence-electron chi connectivity index (χ1n) is 6.76. The molecule has 2 aromatic rings. The van der Waals surface area contributed by atoms with Gasteiger partial charge in [-0.15, -0.1) is 0 Å². The number of likely N-dealkylation sites (N-methyl/N-ethyl adjacent to an activating group) is 1. The molecule has 0 fully saturated rings. The van der Waals surface area contributed by atoms with Gasteiger partial charge in [-0.1, -0.05) is 30.3 Å². The fourth-order valence-electron chi connectivity index (χ4n) is 2.52. The molecular weight excluding hydrogens is 252 g/mol. The fourth-order valence-corrected chi connectivity index (χ4v) is 2.52. The van der Waals surface area contributed by atoms with Crippen molar-refractivity contribution in [3.63, 3.8) is 0 Å². The molecule has 0 aliphatic carbocycles. The number of benzene rings is 2. The normalized spacial score (nSPS) is 12.6. The summed E-state index contributed by atoms with van der Waals surface area (Å²) in [4.78, 5) is 2.05. The lowest BCUT2D eigenvalue weighted by Crippen LogP contribution is -2.32. The maximum Gasteiger partial charge on any atom is 0.0947 e. The van der Waals surface area contributed by atoms with Gasteiger partial charge in [-0.2, -0.15) is 0 Å². The van der Waals surface area contributed by atoms with E-state index < -0.39 is 6.10 Å². The average molecular weight is 274 g/mol. The molecule has 3 N–H and O–H groups in total. The Morgan fingerprint density at radius 1 is 1.20 bits per heavy atom. The molecule has 2 rings (SSSR count). The number of hydrogen-bond donors (Lipinski definition) is 2. The molecule has 0 saturated carbocycles. The molecule has 4 heteroatoms. The van der Waals surface area contributed by atoms with E-state index in [1.165, 1.54) is 5.39 Å². The largest absolute Gasteiger partial charge is 0.389 e. The number of nitrogens with two attached hydrogens (primary N) is 1. The molecule has 0 spiro atoms. The van der Waals surface area contributed by atoms with Crippen LogP contribution in [-0.4, -0.2) is 38.5 Å². The molecule has 0 aliphatic heterocycles. The summed E-state index contributed by atoms with van der Waals surface area (Å²) in [5.41, 5.74) is 8.02. The van der Waals surface area contributed by atoms with E-state index in [1.54, 1.807) is 7.11 Å². The monoisotopic (exact) mass is 274 g/mol. The van der Waals surface area contributed by atoms with Gasteiger partial charge in [0.2, 0.25) is 0 Å². The van der Waals surface area contributed by atoms with E-state index >= 15 is 0 Å². The zero-order chi connectivity index (χ0) is 14.5. The van der Waals surface area contributed by atoms with Crippen LogP contribution < -0.4 is 10.6 Å². The third kappa shape index (κ3) is 3.10. The Kier molecular flexibility index (Phi) is 4.95. The van der Waals surface area contributed by atoms with Crippen molar-refractivity contribution in [2.45, 2.75) is 12.6 Å². The summed E-state index contributed by atoms with van der Waals surface area (Å²) < 4.78 is 4.97. The highest BCUT2D eigenvalue weighted by Gasteiger charge is 2.12. The number of aliphatic hydroxyl groups excluding tert-OH is 1. The van der Waals surface area contributed by atoms with Gasteiger partial charge in [0.1, 0.15) is 0 Å². The van der Waals surface area contributed by atoms with Crippen molar-refractivity contribution in [2.75, 3.05) is 32.2 Å². The molecule has 4 nitrogen and oxygen atoms in total. The Bertz CT molecular complexity index is 571. The van der Waals surface area contributed by atoms with Gasteiger partial charge in [0.15, 0.2) is 0 Å². The summed E-state index contributed by atoms with van der Waals surface area (Å²) in [6.07, 6.45) is -0.502. The van der Waals surface area contributed by atoms with Crippen LogP contribution in [0.5, 0.6) is 0 Å². The summed E-state index contributed by atoms with van der Waals surface area (Å²) in [5, 5.41) is 12.2. The van der Waals surface area contributed by atoms with Crippen molar-refractivity contribution in [1.82, 2.24) is 0 Å². The first kappa shape index (κ1) is 14.8. The predicted molar refractivity (Wildman–Crippen MR) is 83.0 cm³/mol. The van der Waals surface area contributed by atoms with Crippen LogP contribution in [-0.2, 0) is 11.3 Å². The fraction of sp³-hybridized carbons (Fsp3) is 0.375. The summed E-state index contributed by atoms with van der Waals surface area (Å²) in [6.45, 7) is 1.39. The lowest BCUT2D eigenvalue weighted by molar-refractivity contribution is 0.0695. The molecule has 0 radical (unpaired) electrons. The Labute approximate surface area is 119 Å². The number of fused-ring (bicyclic) bond motifs is 1. The molecule has 0 amide bonds. The third-order valence-electron chi connectivity index (χ3n) is 3.47. The van der Waals surface area contributed by atoms with Crippen molar-refractivity contribution >= 4 is 16.5 Å². The smallest absolute Gasteiger partial charge is 0.0947 e. The summed E-state index contributed by atoms with van der Waals surface area (Å²) in [5.74, 6) is 0. The molecule has 108 valence electrons. The van der Waals surface area contributed by atoms with Crippen LogP contribution in [0.4, 0.5) is 5.69 Å². The minimum atomic E-state index is -0.502. The van der Waals surface area contributed by atoms with Gasteiger partial charge in [-0.05, 0) is 17.0 Å². The Balaban J connectivity index is 2.35. The zero-order valence-corrected chi connectivity index (χ0v) is 12.0. The number of anilines is 1. The van der Waals surface area contributed by atoms with Crippen molar-refractivity contribution in [3.05, 3.63) is 42.0 Å². The van der Waals surface area contributed by atoms with Crippen molar-refractivity contribution in [3.8, 4) is 0 Å². The highest BCUT2D eigenvalue weighted by atomic mass is 16.5. The Hall–Kier alpha value is -1.62. The van der Waals surface area contributed by atoms with E-state index in [2.05, 4.69) is 24.3 Å². The Morgan fingerprint density at radius 2 is 1.90 bits per heavy atom. The number of methoxy groups -OCH3 is 1. The van der Waals surface area contributed by atoms with E-state index in [1.807, 2.05) is 24.1 Å². The standard InChI is InChI=1S/C16H22N2O2/c1-18(10-13(19)11-20-2)16-8-7-12(9-17)14-5-3-4-6-15(14)16/h3-8,13,19H,9-11,17H2,1-2H3. The highest BCUT2D eigenvalue weighted by molar-refractivity contribution is 5.96. The van der Waals surface area contributed by atoms with Gasteiger partial charge in [-0.25, -0.2) is 0 Å². The number of hydrogen-bond acceptors (Lipinski definition) is 4. The topological polar surface area (TPSA) is 58.7 Å². The summed E-state index contributed by atoms with van der Waals surface area (Å²) in [7, 11) is 3.57. The second-order valence-corrected chi connectivity index (χ2v) is 4.98. The SMILES string of the molecule is COCC(O)CN(C)c1ccc(CN)c2ccccc12. The minimum absolute atomic E-state index is 0.336. The summed E-state index contributed by atoms with van der Waals surface area (Å²) >= 11 is 0. The van der Waals surface area contributed by atoms with Gasteiger partial charge in [-0.3, -0.25) is 0 Å². The molecule has 0 bridgehead atoms. The number of rotatable bonds is 6. The molecule has 0 heterocycles. The molecule has 2 aromatic carbocycles. The first-order valence-corrected chi connectivity index (χ1v) is 6.76. The minimum Gasteiger partial charge on any atom is -0.389 e. The van der Waals surface area contributed by atoms with Gasteiger partial charge in [0.05, 0.1) is 12.7 Å². The lowest BCUT2D eigenvalue weighted by atomic mass is 10.0. The maximum atomic E-state index is 9.87. The molecular formula is C16H22N2O2. The van der Waals surface area contributed by atoms with Crippen LogP contribution in [0.3, 0.4) is 0 Å². The zero-order valence-electron chi connectivity index (χ0n) is 12.0. The highest BCUT2D eigenvalue weighted by Crippen LogP contribution is 2.28. The lowest BCUT2D eigenvalue weighted by Gasteiger charge is -2.24. The van der Waals surface area contributed by atoms with Gasteiger partial charge < -0.3 is 20.5 Å². The predicted octanol–water partition coefficient (Wildman–Crippen LogP) is 1.74. The number of aliphatic hydroxyl groups is 1. The van der Waals surface area contributed by atoms with Crippen molar-refractivity contribution in [2.24, 2.45) is 5.73 Å². The van der Waals surface area contributed by atoms with Crippen molar-refractivity contribution < 1.29 is 9.84 Å². The average Bonchev–Trinajstić information content (AvgIpc) is 2.46. The first-order chi connectivity index (χ1) is 9.67. The molecule has 1 atom stereocenters. The van der Waals surface area contributed by atoms with E-state index in [0.717, 1.165) is 16.6 Å². The van der Waals surface area contributed by atoms with Crippen LogP contribution in [0.25, 0.3) is 10.8 Å². The molecule has 0 aromatic heterocycles. The van der Waals surface area contributed by atoms with Crippen LogP contribution in [0.1, 0.15) is 5.56 Å². The molecule has 20 heavy (non-hydrogen) atoms.